The number of hydrogen-bond donors (Lipinski definition) is 2. The number of furan rings is 1. The summed E-state index contributed by atoms with van der Waals surface area (Å²) in [5.74, 6) is 2.88. The normalized spacial score (nSPS) is 18.8. The lowest BCUT2D eigenvalue weighted by atomic mass is 9.99. The van der Waals surface area contributed by atoms with Crippen molar-refractivity contribution in [3.05, 3.63) is 48.5 Å². The first-order valence-corrected chi connectivity index (χ1v) is 9.16. The maximum Gasteiger partial charge on any atom is 0.134 e. The van der Waals surface area contributed by atoms with E-state index in [2.05, 4.69) is 33.2 Å². The number of nitrogens with one attached hydrogen (secondary N) is 1. The molecule has 1 aliphatic rings. The van der Waals surface area contributed by atoms with E-state index in [4.69, 9.17) is 4.42 Å². The number of hydrogen-bond acceptors (Lipinski definition) is 6. The predicted octanol–water partition coefficient (Wildman–Crippen LogP) is 3.60. The highest BCUT2D eigenvalue weighted by Gasteiger charge is 2.21. The summed E-state index contributed by atoms with van der Waals surface area (Å²) in [4.78, 5) is 11.0. The Morgan fingerprint density at radius 3 is 3.04 bits per heavy atom. The Morgan fingerprint density at radius 1 is 1.31 bits per heavy atom. The maximum atomic E-state index is 9.43. The summed E-state index contributed by atoms with van der Waals surface area (Å²) in [5, 5.41) is 13.9. The van der Waals surface area contributed by atoms with Gasteiger partial charge in [0.25, 0.3) is 0 Å². The largest absolute Gasteiger partial charge is 0.459 e. The summed E-state index contributed by atoms with van der Waals surface area (Å²) in [6, 6.07) is 12.0. The minimum absolute atomic E-state index is 0.00306. The van der Waals surface area contributed by atoms with Gasteiger partial charge in [0.2, 0.25) is 0 Å². The van der Waals surface area contributed by atoms with Gasteiger partial charge in [-0.25, -0.2) is 9.97 Å². The number of anilines is 2. The molecule has 0 saturated carbocycles. The Labute approximate surface area is 152 Å². The van der Waals surface area contributed by atoms with Gasteiger partial charge in [-0.05, 0) is 37.8 Å². The van der Waals surface area contributed by atoms with Crippen LogP contribution in [0.5, 0.6) is 0 Å². The SMILES string of the molecule is C[C@@H](Nc1cc(N2CCCC(CO)C2)ncn1)c1cc2ccccc2o1. The molecule has 0 spiro atoms. The first-order valence-electron chi connectivity index (χ1n) is 9.16. The van der Waals surface area contributed by atoms with Gasteiger partial charge in [-0.3, -0.25) is 0 Å². The van der Waals surface area contributed by atoms with Crippen LogP contribution in [0.25, 0.3) is 11.0 Å². The van der Waals surface area contributed by atoms with Crippen molar-refractivity contribution in [1.29, 1.82) is 0 Å². The van der Waals surface area contributed by atoms with E-state index in [-0.39, 0.29) is 12.6 Å². The average molecular weight is 352 g/mol. The van der Waals surface area contributed by atoms with Crippen LogP contribution >= 0.6 is 0 Å². The fourth-order valence-corrected chi connectivity index (χ4v) is 3.53. The Balaban J connectivity index is 1.49. The molecule has 6 nitrogen and oxygen atoms in total. The number of piperidine rings is 1. The molecule has 26 heavy (non-hydrogen) atoms. The summed E-state index contributed by atoms with van der Waals surface area (Å²) >= 11 is 0. The zero-order valence-electron chi connectivity index (χ0n) is 14.9. The Morgan fingerprint density at radius 2 is 2.19 bits per heavy atom. The van der Waals surface area contributed by atoms with Crippen molar-refractivity contribution in [3.63, 3.8) is 0 Å². The smallest absolute Gasteiger partial charge is 0.134 e. The number of aliphatic hydroxyl groups is 1. The first kappa shape index (κ1) is 16.8. The van der Waals surface area contributed by atoms with Crippen LogP contribution < -0.4 is 10.2 Å². The standard InChI is InChI=1S/C20H24N4O2/c1-14(18-9-16-6-2-3-7-17(16)26-18)23-19-10-20(22-13-21-19)24-8-4-5-15(11-24)12-25/h2-3,6-7,9-10,13-15,25H,4-5,8,11-12H2,1H3,(H,21,22,23)/t14-,15?/m1/s1. The van der Waals surface area contributed by atoms with E-state index in [1.54, 1.807) is 6.33 Å². The van der Waals surface area contributed by atoms with Crippen molar-refractivity contribution >= 4 is 22.6 Å². The highest BCUT2D eigenvalue weighted by molar-refractivity contribution is 5.77. The second kappa shape index (κ2) is 7.33. The lowest BCUT2D eigenvalue weighted by Gasteiger charge is -2.32. The second-order valence-electron chi connectivity index (χ2n) is 6.95. The summed E-state index contributed by atoms with van der Waals surface area (Å²) in [6.45, 7) is 4.09. The number of rotatable bonds is 5. The molecular weight excluding hydrogens is 328 g/mol. The molecule has 1 fully saturated rings. The molecule has 0 amide bonds. The van der Waals surface area contributed by atoms with Gasteiger partial charge < -0.3 is 19.7 Å². The number of para-hydroxylation sites is 1. The zero-order valence-corrected chi connectivity index (χ0v) is 14.9. The van der Waals surface area contributed by atoms with Crippen LogP contribution in [-0.4, -0.2) is 34.8 Å². The van der Waals surface area contributed by atoms with Crippen molar-refractivity contribution in [2.75, 3.05) is 29.9 Å². The Hall–Kier alpha value is -2.60. The fourth-order valence-electron chi connectivity index (χ4n) is 3.53. The molecule has 3 heterocycles. The third kappa shape index (κ3) is 3.51. The van der Waals surface area contributed by atoms with Gasteiger partial charge in [0, 0.05) is 31.1 Å². The highest BCUT2D eigenvalue weighted by Crippen LogP contribution is 2.27. The minimum atomic E-state index is -0.00306. The molecule has 1 aliphatic heterocycles. The van der Waals surface area contributed by atoms with Crippen molar-refractivity contribution < 1.29 is 9.52 Å². The average Bonchev–Trinajstić information content (AvgIpc) is 3.13. The van der Waals surface area contributed by atoms with Crippen LogP contribution in [0, 0.1) is 5.92 Å². The lowest BCUT2D eigenvalue weighted by Crippen LogP contribution is -2.37. The van der Waals surface area contributed by atoms with E-state index in [0.717, 1.165) is 54.3 Å². The molecule has 0 bridgehead atoms. The minimum Gasteiger partial charge on any atom is -0.459 e. The first-order chi connectivity index (χ1) is 12.7. The molecular formula is C20H24N4O2. The highest BCUT2D eigenvalue weighted by atomic mass is 16.3. The maximum absolute atomic E-state index is 9.43. The van der Waals surface area contributed by atoms with Gasteiger partial charge in [0.15, 0.2) is 0 Å². The molecule has 1 aromatic carbocycles. The summed E-state index contributed by atoms with van der Waals surface area (Å²) in [7, 11) is 0. The molecule has 136 valence electrons. The van der Waals surface area contributed by atoms with E-state index in [1.165, 1.54) is 0 Å². The summed E-state index contributed by atoms with van der Waals surface area (Å²) in [6.07, 6.45) is 3.74. The summed E-state index contributed by atoms with van der Waals surface area (Å²) < 4.78 is 5.93. The van der Waals surface area contributed by atoms with Crippen LogP contribution in [0.3, 0.4) is 0 Å². The molecule has 0 radical (unpaired) electrons. The van der Waals surface area contributed by atoms with Crippen molar-refractivity contribution in [2.24, 2.45) is 5.92 Å². The van der Waals surface area contributed by atoms with Gasteiger partial charge in [0.1, 0.15) is 29.3 Å². The van der Waals surface area contributed by atoms with Crippen LogP contribution in [0.2, 0.25) is 0 Å². The number of benzene rings is 1. The molecule has 4 rings (SSSR count). The molecule has 2 aromatic heterocycles. The van der Waals surface area contributed by atoms with E-state index >= 15 is 0 Å². The van der Waals surface area contributed by atoms with Crippen molar-refractivity contribution in [3.8, 4) is 0 Å². The number of fused-ring (bicyclic) bond motifs is 1. The molecule has 0 aliphatic carbocycles. The Bertz CT molecular complexity index is 846. The van der Waals surface area contributed by atoms with Gasteiger partial charge >= 0.3 is 0 Å². The van der Waals surface area contributed by atoms with Gasteiger partial charge in [-0.15, -0.1) is 0 Å². The third-order valence-electron chi connectivity index (χ3n) is 4.99. The predicted molar refractivity (Wildman–Crippen MR) is 102 cm³/mol. The topological polar surface area (TPSA) is 74.4 Å². The molecule has 1 unspecified atom stereocenters. The molecule has 1 saturated heterocycles. The van der Waals surface area contributed by atoms with E-state index in [1.807, 2.05) is 30.3 Å². The fraction of sp³-hybridized carbons (Fsp3) is 0.400. The second-order valence-corrected chi connectivity index (χ2v) is 6.95. The monoisotopic (exact) mass is 352 g/mol. The van der Waals surface area contributed by atoms with Gasteiger partial charge in [-0.2, -0.15) is 0 Å². The van der Waals surface area contributed by atoms with Crippen LogP contribution in [0.15, 0.2) is 47.1 Å². The van der Waals surface area contributed by atoms with Crippen LogP contribution in [0.1, 0.15) is 31.6 Å². The number of aromatic nitrogens is 2. The molecule has 6 heteroatoms. The lowest BCUT2D eigenvalue weighted by molar-refractivity contribution is 0.208. The van der Waals surface area contributed by atoms with E-state index in [9.17, 15) is 5.11 Å². The quantitative estimate of drug-likeness (QED) is 0.731. The Kier molecular flexibility index (Phi) is 4.75. The van der Waals surface area contributed by atoms with Gasteiger partial charge in [-0.1, -0.05) is 18.2 Å². The zero-order chi connectivity index (χ0) is 17.9. The molecule has 2 atom stereocenters. The summed E-state index contributed by atoms with van der Waals surface area (Å²) in [5.41, 5.74) is 0.892. The van der Waals surface area contributed by atoms with E-state index < -0.39 is 0 Å². The van der Waals surface area contributed by atoms with Crippen LogP contribution in [-0.2, 0) is 0 Å². The van der Waals surface area contributed by atoms with Crippen molar-refractivity contribution in [2.45, 2.75) is 25.8 Å². The number of aliphatic hydroxyl groups excluding tert-OH is 1. The van der Waals surface area contributed by atoms with Gasteiger partial charge in [0.05, 0.1) is 6.04 Å². The van der Waals surface area contributed by atoms with Crippen LogP contribution in [0.4, 0.5) is 11.6 Å². The van der Waals surface area contributed by atoms with E-state index in [0.29, 0.717) is 5.92 Å². The third-order valence-corrected chi connectivity index (χ3v) is 4.99. The molecule has 3 aromatic rings. The number of nitrogens with zero attached hydrogens (tertiary/aromatic N) is 3. The van der Waals surface area contributed by atoms with Crippen molar-refractivity contribution in [1.82, 2.24) is 9.97 Å². The molecule has 2 N–H and O–H groups in total.